The van der Waals surface area contributed by atoms with Crippen molar-refractivity contribution >= 4 is 21.8 Å². The van der Waals surface area contributed by atoms with Gasteiger partial charge in [0, 0.05) is 17.6 Å². The Labute approximate surface area is 104 Å². The fraction of sp³-hybridized carbons (Fsp3) is 0.417. The molecule has 0 aliphatic heterocycles. The Balaban J connectivity index is 2.94. The Hall–Kier alpha value is -0.900. The van der Waals surface area contributed by atoms with Crippen molar-refractivity contribution in [3.63, 3.8) is 0 Å². The van der Waals surface area contributed by atoms with Crippen LogP contribution >= 0.6 is 15.9 Å². The second kappa shape index (κ2) is 5.99. The van der Waals surface area contributed by atoms with Crippen molar-refractivity contribution in [1.29, 1.82) is 0 Å². The van der Waals surface area contributed by atoms with E-state index in [1.165, 1.54) is 12.1 Å². The van der Waals surface area contributed by atoms with Gasteiger partial charge in [-0.2, -0.15) is 0 Å². The molecule has 0 aliphatic carbocycles. The predicted octanol–water partition coefficient (Wildman–Crippen LogP) is 3.46. The summed E-state index contributed by atoms with van der Waals surface area (Å²) in [6.45, 7) is 5.14. The minimum atomic E-state index is -0.478. The zero-order valence-electron chi connectivity index (χ0n) is 9.46. The molecular weight excluding hydrogens is 273 g/mol. The molecule has 0 fully saturated rings. The molecule has 0 saturated carbocycles. The van der Waals surface area contributed by atoms with E-state index in [-0.39, 0.29) is 11.5 Å². The number of rotatable bonds is 4. The number of amides is 1. The second-order valence-corrected chi connectivity index (χ2v) is 4.42. The van der Waals surface area contributed by atoms with Crippen LogP contribution in [0.25, 0.3) is 0 Å². The van der Waals surface area contributed by atoms with E-state index in [1.807, 2.05) is 13.8 Å². The van der Waals surface area contributed by atoms with Gasteiger partial charge in [-0.3, -0.25) is 4.79 Å². The van der Waals surface area contributed by atoms with Crippen LogP contribution in [0.4, 0.5) is 4.39 Å². The smallest absolute Gasteiger partial charge is 0.256 e. The summed E-state index contributed by atoms with van der Waals surface area (Å²) >= 11 is 3.17. The third kappa shape index (κ3) is 3.04. The molecule has 0 unspecified atom stereocenters. The Morgan fingerprint density at radius 2 is 2.12 bits per heavy atom. The second-order valence-electron chi connectivity index (χ2n) is 3.51. The summed E-state index contributed by atoms with van der Waals surface area (Å²) in [7, 11) is 0. The van der Waals surface area contributed by atoms with Crippen molar-refractivity contribution in [3.8, 4) is 0 Å². The van der Waals surface area contributed by atoms with E-state index < -0.39 is 5.82 Å². The summed E-state index contributed by atoms with van der Waals surface area (Å²) in [5.41, 5.74) is 0.138. The Morgan fingerprint density at radius 1 is 1.44 bits per heavy atom. The monoisotopic (exact) mass is 287 g/mol. The molecule has 0 aromatic heterocycles. The van der Waals surface area contributed by atoms with E-state index in [1.54, 1.807) is 11.0 Å². The van der Waals surface area contributed by atoms with E-state index in [2.05, 4.69) is 15.9 Å². The number of benzene rings is 1. The van der Waals surface area contributed by atoms with Gasteiger partial charge < -0.3 is 4.90 Å². The van der Waals surface area contributed by atoms with E-state index in [0.29, 0.717) is 17.6 Å². The fourth-order valence-corrected chi connectivity index (χ4v) is 1.84. The van der Waals surface area contributed by atoms with Gasteiger partial charge in [0.2, 0.25) is 0 Å². The summed E-state index contributed by atoms with van der Waals surface area (Å²) in [4.78, 5) is 13.6. The van der Waals surface area contributed by atoms with Gasteiger partial charge in [-0.05, 0) is 31.5 Å². The average Bonchev–Trinajstić information content (AvgIpc) is 2.25. The number of hydrogen-bond donors (Lipinski definition) is 0. The molecule has 2 nitrogen and oxygen atoms in total. The zero-order chi connectivity index (χ0) is 12.1. The number of carbonyl (C=O) groups excluding carboxylic acids is 1. The normalized spacial score (nSPS) is 10.2. The first-order chi connectivity index (χ1) is 7.60. The topological polar surface area (TPSA) is 20.3 Å². The van der Waals surface area contributed by atoms with Gasteiger partial charge in [-0.15, -0.1) is 0 Å². The van der Waals surface area contributed by atoms with Crippen molar-refractivity contribution in [2.45, 2.75) is 20.3 Å². The van der Waals surface area contributed by atoms with Crippen molar-refractivity contribution in [2.75, 3.05) is 13.1 Å². The number of carbonyl (C=O) groups is 1. The van der Waals surface area contributed by atoms with E-state index in [4.69, 9.17) is 0 Å². The van der Waals surface area contributed by atoms with Crippen LogP contribution in [0.1, 0.15) is 30.6 Å². The Kier molecular flexibility index (Phi) is 4.93. The SMILES string of the molecule is CCCN(CC)C(=O)c1ccc(Br)cc1F. The summed E-state index contributed by atoms with van der Waals surface area (Å²) < 4.78 is 14.2. The van der Waals surface area contributed by atoms with Gasteiger partial charge in [0.05, 0.1) is 5.56 Å². The molecule has 1 aromatic carbocycles. The lowest BCUT2D eigenvalue weighted by Crippen LogP contribution is -2.32. The Morgan fingerprint density at radius 3 is 2.62 bits per heavy atom. The van der Waals surface area contributed by atoms with Gasteiger partial charge in [0.15, 0.2) is 0 Å². The van der Waals surface area contributed by atoms with Crippen LogP contribution < -0.4 is 0 Å². The molecule has 1 amide bonds. The highest BCUT2D eigenvalue weighted by atomic mass is 79.9. The lowest BCUT2D eigenvalue weighted by Gasteiger charge is -2.20. The molecule has 0 saturated heterocycles. The van der Waals surface area contributed by atoms with Crippen LogP contribution in [0.5, 0.6) is 0 Å². The lowest BCUT2D eigenvalue weighted by atomic mass is 10.2. The maximum Gasteiger partial charge on any atom is 0.256 e. The standard InChI is InChI=1S/C12H15BrFNO/c1-3-7-15(4-2)12(16)10-6-5-9(13)8-11(10)14/h5-6,8H,3-4,7H2,1-2H3. The van der Waals surface area contributed by atoms with Gasteiger partial charge in [0.1, 0.15) is 5.82 Å². The lowest BCUT2D eigenvalue weighted by molar-refractivity contribution is 0.0760. The third-order valence-electron chi connectivity index (χ3n) is 2.32. The molecule has 0 atom stereocenters. The molecule has 0 N–H and O–H groups in total. The summed E-state index contributed by atoms with van der Waals surface area (Å²) in [6, 6.07) is 4.50. The predicted molar refractivity (Wildman–Crippen MR) is 66.0 cm³/mol. The summed E-state index contributed by atoms with van der Waals surface area (Å²) in [6.07, 6.45) is 0.873. The van der Waals surface area contributed by atoms with Crippen LogP contribution in [-0.2, 0) is 0 Å². The van der Waals surface area contributed by atoms with E-state index >= 15 is 0 Å². The highest BCUT2D eigenvalue weighted by molar-refractivity contribution is 9.10. The molecular formula is C12H15BrFNO. The van der Waals surface area contributed by atoms with Crippen LogP contribution in [-0.4, -0.2) is 23.9 Å². The fourth-order valence-electron chi connectivity index (χ4n) is 1.51. The molecule has 0 spiro atoms. The van der Waals surface area contributed by atoms with Crippen LogP contribution in [0.2, 0.25) is 0 Å². The highest BCUT2D eigenvalue weighted by Crippen LogP contribution is 2.17. The minimum absolute atomic E-state index is 0.138. The largest absolute Gasteiger partial charge is 0.339 e. The first-order valence-corrected chi connectivity index (χ1v) is 6.13. The van der Waals surface area contributed by atoms with Crippen LogP contribution in [0.3, 0.4) is 0 Å². The molecule has 0 bridgehead atoms. The number of hydrogen-bond acceptors (Lipinski definition) is 1. The molecule has 0 heterocycles. The molecule has 16 heavy (non-hydrogen) atoms. The molecule has 4 heteroatoms. The highest BCUT2D eigenvalue weighted by Gasteiger charge is 2.17. The molecule has 88 valence electrons. The number of halogens is 2. The van der Waals surface area contributed by atoms with Crippen molar-refractivity contribution in [2.24, 2.45) is 0 Å². The van der Waals surface area contributed by atoms with Crippen molar-refractivity contribution in [1.82, 2.24) is 4.90 Å². The third-order valence-corrected chi connectivity index (χ3v) is 2.82. The molecule has 1 aromatic rings. The maximum absolute atomic E-state index is 13.6. The quantitative estimate of drug-likeness (QED) is 0.831. The van der Waals surface area contributed by atoms with Crippen LogP contribution in [0.15, 0.2) is 22.7 Å². The first-order valence-electron chi connectivity index (χ1n) is 5.34. The zero-order valence-corrected chi connectivity index (χ0v) is 11.1. The van der Waals surface area contributed by atoms with Gasteiger partial charge >= 0.3 is 0 Å². The average molecular weight is 288 g/mol. The van der Waals surface area contributed by atoms with E-state index in [9.17, 15) is 9.18 Å². The first kappa shape index (κ1) is 13.2. The maximum atomic E-state index is 13.6. The van der Waals surface area contributed by atoms with Gasteiger partial charge in [0.25, 0.3) is 5.91 Å². The molecule has 0 radical (unpaired) electrons. The van der Waals surface area contributed by atoms with E-state index in [0.717, 1.165) is 6.42 Å². The van der Waals surface area contributed by atoms with Gasteiger partial charge in [-0.25, -0.2) is 4.39 Å². The Bertz CT molecular complexity index is 381. The van der Waals surface area contributed by atoms with Crippen molar-refractivity contribution in [3.05, 3.63) is 34.1 Å². The van der Waals surface area contributed by atoms with Gasteiger partial charge in [-0.1, -0.05) is 22.9 Å². The summed E-state index contributed by atoms with van der Waals surface area (Å²) in [5, 5.41) is 0. The molecule has 0 aliphatic rings. The molecule has 1 rings (SSSR count). The number of nitrogens with zero attached hydrogens (tertiary/aromatic N) is 1. The van der Waals surface area contributed by atoms with Crippen molar-refractivity contribution < 1.29 is 9.18 Å². The minimum Gasteiger partial charge on any atom is -0.339 e. The van der Waals surface area contributed by atoms with Crippen LogP contribution in [0, 0.1) is 5.82 Å². The summed E-state index contributed by atoms with van der Waals surface area (Å²) in [5.74, 6) is -0.719.